The van der Waals surface area contributed by atoms with E-state index in [1.54, 1.807) is 17.8 Å². The minimum atomic E-state index is -1.15. The number of anilines is 1. The molecule has 1 amide bonds. The standard InChI is InChI=1S/C30H29FN6O3/c1-3-21-14-22(31)12-18(2)27(21)28(38)34-26(29(39)40)13-19-8-10-23(11-9-19)37-17-20(16-33-37)15-32-30-35-24-6-4-5-7-25(24)36-30/h4-12,14,16-17,26H,3,13,15H2,1-2H3,(H,34,38)(H,39,40)(H2,32,35,36). The Hall–Kier alpha value is -4.99. The highest BCUT2D eigenvalue weighted by Crippen LogP contribution is 2.19. The number of para-hydroxylation sites is 2. The average molecular weight is 541 g/mol. The predicted molar refractivity (Wildman–Crippen MR) is 150 cm³/mol. The molecule has 1 unspecified atom stereocenters. The van der Waals surface area contributed by atoms with E-state index in [9.17, 15) is 19.1 Å². The second-order valence-corrected chi connectivity index (χ2v) is 9.59. The van der Waals surface area contributed by atoms with Crippen molar-refractivity contribution in [1.29, 1.82) is 0 Å². The SMILES string of the molecule is CCc1cc(F)cc(C)c1C(=O)NC(Cc1ccc(-n2cc(CNc3nc4ccccc4[nH]3)cn2)cc1)C(=O)O. The zero-order valence-corrected chi connectivity index (χ0v) is 22.1. The van der Waals surface area contributed by atoms with Gasteiger partial charge in [0.2, 0.25) is 5.95 Å². The molecule has 0 saturated heterocycles. The maximum atomic E-state index is 13.8. The smallest absolute Gasteiger partial charge is 0.326 e. The van der Waals surface area contributed by atoms with Crippen LogP contribution in [0, 0.1) is 12.7 Å². The summed E-state index contributed by atoms with van der Waals surface area (Å²) in [5.74, 6) is -1.42. The van der Waals surface area contributed by atoms with Crippen LogP contribution < -0.4 is 10.6 Å². The Morgan fingerprint density at radius 1 is 1.10 bits per heavy atom. The first-order valence-corrected chi connectivity index (χ1v) is 12.9. The summed E-state index contributed by atoms with van der Waals surface area (Å²) < 4.78 is 15.5. The van der Waals surface area contributed by atoms with Crippen LogP contribution >= 0.6 is 0 Å². The molecular weight excluding hydrogens is 511 g/mol. The van der Waals surface area contributed by atoms with Crippen LogP contribution in [-0.2, 0) is 24.2 Å². The number of aryl methyl sites for hydroxylation is 2. The van der Waals surface area contributed by atoms with Crippen LogP contribution in [-0.4, -0.2) is 42.8 Å². The van der Waals surface area contributed by atoms with Crippen molar-refractivity contribution in [2.24, 2.45) is 0 Å². The van der Waals surface area contributed by atoms with Gasteiger partial charge in [0.25, 0.3) is 5.91 Å². The number of aromatic amines is 1. The summed E-state index contributed by atoms with van der Waals surface area (Å²) in [5, 5.41) is 20.1. The number of H-pyrrole nitrogens is 1. The zero-order valence-electron chi connectivity index (χ0n) is 22.1. The van der Waals surface area contributed by atoms with E-state index >= 15 is 0 Å². The number of amides is 1. The highest BCUT2D eigenvalue weighted by molar-refractivity contribution is 5.99. The average Bonchev–Trinajstić information content (AvgIpc) is 3.58. The summed E-state index contributed by atoms with van der Waals surface area (Å²) in [6.07, 6.45) is 4.21. The van der Waals surface area contributed by atoms with Crippen molar-refractivity contribution in [3.63, 3.8) is 0 Å². The number of benzene rings is 3. The number of carbonyl (C=O) groups is 2. The van der Waals surface area contributed by atoms with E-state index < -0.39 is 23.7 Å². The second kappa shape index (κ2) is 11.4. The number of nitrogens with zero attached hydrogens (tertiary/aromatic N) is 3. The number of aromatic nitrogens is 4. The molecule has 0 bridgehead atoms. The fourth-order valence-corrected chi connectivity index (χ4v) is 4.68. The lowest BCUT2D eigenvalue weighted by Crippen LogP contribution is -2.42. The number of aliphatic carboxylic acids is 1. The van der Waals surface area contributed by atoms with E-state index in [-0.39, 0.29) is 6.42 Å². The number of carbonyl (C=O) groups excluding carboxylic acids is 1. The first kappa shape index (κ1) is 26.6. The van der Waals surface area contributed by atoms with Gasteiger partial charge in [-0.3, -0.25) is 4.79 Å². The molecule has 0 fully saturated rings. The Morgan fingerprint density at radius 3 is 2.60 bits per heavy atom. The van der Waals surface area contributed by atoms with Crippen LogP contribution in [0.1, 0.15) is 39.5 Å². The van der Waals surface area contributed by atoms with Gasteiger partial charge in [-0.05, 0) is 66.4 Å². The van der Waals surface area contributed by atoms with Gasteiger partial charge in [0.05, 0.1) is 22.9 Å². The molecule has 5 rings (SSSR count). The summed E-state index contributed by atoms with van der Waals surface area (Å²) in [5.41, 5.74) is 5.68. The Balaban J connectivity index is 1.22. The number of hydrogen-bond donors (Lipinski definition) is 4. The number of fused-ring (bicyclic) bond motifs is 1. The molecule has 2 heterocycles. The summed E-state index contributed by atoms with van der Waals surface area (Å²) in [4.78, 5) is 32.7. The summed E-state index contributed by atoms with van der Waals surface area (Å²) in [6, 6.07) is 16.6. The number of carboxylic acids is 1. The molecular formula is C30H29FN6O3. The Morgan fingerprint density at radius 2 is 1.88 bits per heavy atom. The fourth-order valence-electron chi connectivity index (χ4n) is 4.68. The topological polar surface area (TPSA) is 125 Å². The number of nitrogens with one attached hydrogen (secondary N) is 3. The van der Waals surface area contributed by atoms with E-state index in [4.69, 9.17) is 0 Å². The van der Waals surface area contributed by atoms with E-state index in [1.165, 1.54) is 12.1 Å². The van der Waals surface area contributed by atoms with Crippen molar-refractivity contribution >= 4 is 28.9 Å². The molecule has 0 saturated carbocycles. The van der Waals surface area contributed by atoms with Crippen LogP contribution in [0.25, 0.3) is 16.7 Å². The van der Waals surface area contributed by atoms with Crippen LogP contribution in [0.2, 0.25) is 0 Å². The summed E-state index contributed by atoms with van der Waals surface area (Å²) >= 11 is 0. The van der Waals surface area contributed by atoms with Gasteiger partial charge >= 0.3 is 5.97 Å². The molecule has 0 aliphatic heterocycles. The Bertz CT molecular complexity index is 1640. The van der Waals surface area contributed by atoms with Crippen LogP contribution in [0.5, 0.6) is 0 Å². The number of imidazole rings is 1. The van der Waals surface area contributed by atoms with Crippen LogP contribution in [0.15, 0.2) is 73.1 Å². The lowest BCUT2D eigenvalue weighted by atomic mass is 9.98. The van der Waals surface area contributed by atoms with Crippen molar-refractivity contribution in [2.45, 2.75) is 39.3 Å². The molecule has 4 N–H and O–H groups in total. The molecule has 40 heavy (non-hydrogen) atoms. The highest BCUT2D eigenvalue weighted by Gasteiger charge is 2.24. The van der Waals surface area contributed by atoms with Gasteiger partial charge in [-0.2, -0.15) is 5.10 Å². The number of halogens is 1. The molecule has 5 aromatic rings. The molecule has 0 aliphatic carbocycles. The van der Waals surface area contributed by atoms with E-state index in [0.29, 0.717) is 35.6 Å². The Labute approximate surface area is 230 Å². The van der Waals surface area contributed by atoms with Crippen molar-refractivity contribution in [2.75, 3.05) is 5.32 Å². The predicted octanol–water partition coefficient (Wildman–Crippen LogP) is 4.80. The largest absolute Gasteiger partial charge is 0.480 e. The number of rotatable bonds is 10. The third-order valence-electron chi connectivity index (χ3n) is 6.72. The number of hydrogen-bond acceptors (Lipinski definition) is 5. The van der Waals surface area contributed by atoms with Crippen molar-refractivity contribution < 1.29 is 19.1 Å². The second-order valence-electron chi connectivity index (χ2n) is 9.59. The zero-order chi connectivity index (χ0) is 28.2. The molecule has 0 spiro atoms. The highest BCUT2D eigenvalue weighted by atomic mass is 19.1. The third kappa shape index (κ3) is 5.85. The normalized spacial score (nSPS) is 11.9. The molecule has 9 nitrogen and oxygen atoms in total. The first-order valence-electron chi connectivity index (χ1n) is 12.9. The summed E-state index contributed by atoms with van der Waals surface area (Å²) in [7, 11) is 0. The van der Waals surface area contributed by atoms with Crippen molar-refractivity contribution in [1.82, 2.24) is 25.1 Å². The van der Waals surface area contributed by atoms with Gasteiger partial charge in [-0.25, -0.2) is 18.9 Å². The minimum absolute atomic E-state index is 0.0921. The first-order chi connectivity index (χ1) is 19.3. The van der Waals surface area contributed by atoms with Gasteiger partial charge in [0, 0.05) is 30.3 Å². The van der Waals surface area contributed by atoms with E-state index in [1.807, 2.05) is 61.7 Å². The van der Waals surface area contributed by atoms with Crippen molar-refractivity contribution in [3.05, 3.63) is 107 Å². The lowest BCUT2D eigenvalue weighted by molar-refractivity contribution is -0.139. The van der Waals surface area contributed by atoms with Gasteiger partial charge < -0.3 is 20.7 Å². The minimum Gasteiger partial charge on any atom is -0.480 e. The monoisotopic (exact) mass is 540 g/mol. The van der Waals surface area contributed by atoms with Gasteiger partial charge in [0.1, 0.15) is 11.9 Å². The maximum absolute atomic E-state index is 13.8. The summed E-state index contributed by atoms with van der Waals surface area (Å²) in [6.45, 7) is 3.99. The third-order valence-corrected chi connectivity index (χ3v) is 6.72. The molecule has 10 heteroatoms. The van der Waals surface area contributed by atoms with Gasteiger partial charge in [-0.15, -0.1) is 0 Å². The molecule has 0 radical (unpaired) electrons. The fraction of sp³-hybridized carbons (Fsp3) is 0.200. The van der Waals surface area contributed by atoms with Gasteiger partial charge in [-0.1, -0.05) is 31.2 Å². The maximum Gasteiger partial charge on any atom is 0.326 e. The molecule has 1 atom stereocenters. The molecule has 2 aromatic heterocycles. The van der Waals surface area contributed by atoms with E-state index in [0.717, 1.165) is 27.8 Å². The van der Waals surface area contributed by atoms with E-state index in [2.05, 4.69) is 25.7 Å². The molecule has 204 valence electrons. The number of carboxylic acid groups (broad SMARTS) is 1. The lowest BCUT2D eigenvalue weighted by Gasteiger charge is -2.18. The quantitative estimate of drug-likeness (QED) is 0.202. The Kier molecular flexibility index (Phi) is 7.59. The van der Waals surface area contributed by atoms with Crippen LogP contribution in [0.4, 0.5) is 10.3 Å². The molecule has 0 aliphatic rings. The van der Waals surface area contributed by atoms with Crippen molar-refractivity contribution in [3.8, 4) is 5.69 Å². The molecule has 3 aromatic carbocycles. The van der Waals surface area contributed by atoms with Gasteiger partial charge in [0.15, 0.2) is 0 Å². The van der Waals surface area contributed by atoms with Crippen LogP contribution in [0.3, 0.4) is 0 Å².